The second-order valence-electron chi connectivity index (χ2n) is 6.00. The number of anilines is 1. The predicted octanol–water partition coefficient (Wildman–Crippen LogP) is 3.05. The molecule has 2 unspecified atom stereocenters. The summed E-state index contributed by atoms with van der Waals surface area (Å²) in [6.07, 6.45) is 1.47. The third-order valence-electron chi connectivity index (χ3n) is 3.78. The molecule has 5 nitrogen and oxygen atoms in total. The molecule has 0 spiro atoms. The minimum atomic E-state index is -3.61. The van der Waals surface area contributed by atoms with Gasteiger partial charge in [-0.05, 0) is 43.5 Å². The number of carbonyl (C=O) groups is 1. The first-order chi connectivity index (χ1) is 10.6. The van der Waals surface area contributed by atoms with E-state index in [9.17, 15) is 13.2 Å². The standard InChI is InChI=1S/C16H25ClN2O3S/c1-6-15(16(20)18-12(4)11(2)3)19(23(5,21)22)14-9-7-13(17)8-10-14/h7-12,15H,6H2,1-5H3,(H,18,20). The highest BCUT2D eigenvalue weighted by atomic mass is 35.5. The first-order valence-electron chi connectivity index (χ1n) is 7.63. The maximum Gasteiger partial charge on any atom is 0.244 e. The van der Waals surface area contributed by atoms with Gasteiger partial charge in [0.25, 0.3) is 0 Å². The third kappa shape index (κ3) is 5.39. The zero-order chi connectivity index (χ0) is 17.8. The molecule has 0 aliphatic carbocycles. The molecule has 1 amide bonds. The van der Waals surface area contributed by atoms with Crippen LogP contribution in [0.4, 0.5) is 5.69 Å². The van der Waals surface area contributed by atoms with E-state index in [2.05, 4.69) is 5.32 Å². The number of nitrogens with one attached hydrogen (secondary N) is 1. The minimum Gasteiger partial charge on any atom is -0.352 e. The molecule has 1 rings (SSSR count). The topological polar surface area (TPSA) is 66.5 Å². The average molecular weight is 361 g/mol. The highest BCUT2D eigenvalue weighted by Crippen LogP contribution is 2.24. The Morgan fingerprint density at radius 2 is 1.74 bits per heavy atom. The number of halogens is 1. The van der Waals surface area contributed by atoms with Crippen LogP contribution in [0, 0.1) is 5.92 Å². The van der Waals surface area contributed by atoms with E-state index >= 15 is 0 Å². The summed E-state index contributed by atoms with van der Waals surface area (Å²) in [6.45, 7) is 7.69. The number of hydrogen-bond acceptors (Lipinski definition) is 3. The summed E-state index contributed by atoms with van der Waals surface area (Å²) in [6, 6.07) is 5.58. The van der Waals surface area contributed by atoms with Gasteiger partial charge in [-0.1, -0.05) is 32.4 Å². The fourth-order valence-corrected chi connectivity index (χ4v) is 3.47. The van der Waals surface area contributed by atoms with Crippen molar-refractivity contribution in [2.45, 2.75) is 46.2 Å². The van der Waals surface area contributed by atoms with Crippen molar-refractivity contribution in [3.05, 3.63) is 29.3 Å². The van der Waals surface area contributed by atoms with Gasteiger partial charge >= 0.3 is 0 Å². The Balaban J connectivity index is 3.18. The number of benzene rings is 1. The molecule has 0 radical (unpaired) electrons. The van der Waals surface area contributed by atoms with Crippen molar-refractivity contribution < 1.29 is 13.2 Å². The summed E-state index contributed by atoms with van der Waals surface area (Å²) in [5.74, 6) is -0.0345. The molecule has 1 N–H and O–H groups in total. The molecule has 0 bridgehead atoms. The summed E-state index contributed by atoms with van der Waals surface area (Å²) < 4.78 is 25.7. The molecular formula is C16H25ClN2O3S. The second kappa shape index (κ2) is 8.02. The van der Waals surface area contributed by atoms with Crippen molar-refractivity contribution in [3.63, 3.8) is 0 Å². The van der Waals surface area contributed by atoms with Crippen LogP contribution in [0.15, 0.2) is 24.3 Å². The summed E-state index contributed by atoms with van der Waals surface area (Å²) in [7, 11) is -3.61. The van der Waals surface area contributed by atoms with Crippen molar-refractivity contribution in [1.82, 2.24) is 5.32 Å². The quantitative estimate of drug-likeness (QED) is 0.812. The van der Waals surface area contributed by atoms with Crippen LogP contribution in [0.2, 0.25) is 5.02 Å². The molecule has 0 heterocycles. The lowest BCUT2D eigenvalue weighted by Crippen LogP contribution is -2.51. The number of nitrogens with zero attached hydrogens (tertiary/aromatic N) is 1. The summed E-state index contributed by atoms with van der Waals surface area (Å²) in [5.41, 5.74) is 0.427. The Bertz CT molecular complexity index is 629. The van der Waals surface area contributed by atoms with E-state index in [1.165, 1.54) is 0 Å². The fourth-order valence-electron chi connectivity index (χ4n) is 2.14. The van der Waals surface area contributed by atoms with Crippen molar-refractivity contribution in [2.75, 3.05) is 10.6 Å². The average Bonchev–Trinajstić information content (AvgIpc) is 2.44. The smallest absolute Gasteiger partial charge is 0.244 e. The van der Waals surface area contributed by atoms with Crippen LogP contribution in [0.5, 0.6) is 0 Å². The Morgan fingerprint density at radius 1 is 1.22 bits per heavy atom. The van der Waals surface area contributed by atoms with Gasteiger partial charge in [-0.3, -0.25) is 9.10 Å². The molecule has 130 valence electrons. The second-order valence-corrected chi connectivity index (χ2v) is 8.30. The molecule has 0 aliphatic heterocycles. The number of carbonyl (C=O) groups excluding carboxylic acids is 1. The fraction of sp³-hybridized carbons (Fsp3) is 0.562. The van der Waals surface area contributed by atoms with Crippen LogP contribution in [0.3, 0.4) is 0 Å². The lowest BCUT2D eigenvalue weighted by atomic mass is 10.1. The van der Waals surface area contributed by atoms with Crippen LogP contribution < -0.4 is 9.62 Å². The van der Waals surface area contributed by atoms with E-state index in [1.54, 1.807) is 31.2 Å². The molecule has 1 aromatic rings. The van der Waals surface area contributed by atoms with E-state index in [4.69, 9.17) is 11.6 Å². The highest BCUT2D eigenvalue weighted by Gasteiger charge is 2.32. The van der Waals surface area contributed by atoms with Crippen molar-refractivity contribution in [3.8, 4) is 0 Å². The Kier molecular flexibility index (Phi) is 6.89. The van der Waals surface area contributed by atoms with Crippen LogP contribution in [0.25, 0.3) is 0 Å². The van der Waals surface area contributed by atoms with Gasteiger partial charge in [0, 0.05) is 11.1 Å². The van der Waals surface area contributed by atoms with Gasteiger partial charge in [0.1, 0.15) is 6.04 Å². The molecule has 7 heteroatoms. The molecule has 0 saturated carbocycles. The Morgan fingerprint density at radius 3 is 2.13 bits per heavy atom. The molecule has 1 aromatic carbocycles. The van der Waals surface area contributed by atoms with E-state index in [-0.39, 0.29) is 17.9 Å². The van der Waals surface area contributed by atoms with E-state index in [0.29, 0.717) is 17.1 Å². The molecule has 2 atom stereocenters. The number of amides is 1. The van der Waals surface area contributed by atoms with Gasteiger partial charge in [0.05, 0.1) is 11.9 Å². The van der Waals surface area contributed by atoms with E-state index in [1.807, 2.05) is 20.8 Å². The van der Waals surface area contributed by atoms with Crippen molar-refractivity contribution >= 4 is 33.2 Å². The SMILES string of the molecule is CCC(C(=O)NC(C)C(C)C)N(c1ccc(Cl)cc1)S(C)(=O)=O. The van der Waals surface area contributed by atoms with Gasteiger partial charge < -0.3 is 5.32 Å². The molecule has 23 heavy (non-hydrogen) atoms. The highest BCUT2D eigenvalue weighted by molar-refractivity contribution is 7.92. The summed E-state index contributed by atoms with van der Waals surface area (Å²) in [5, 5.41) is 3.40. The minimum absolute atomic E-state index is 0.0387. The molecule has 0 fully saturated rings. The van der Waals surface area contributed by atoms with Crippen LogP contribution in [-0.2, 0) is 14.8 Å². The zero-order valence-corrected chi connectivity index (χ0v) is 15.8. The van der Waals surface area contributed by atoms with Gasteiger partial charge in [0.2, 0.25) is 15.9 Å². The largest absolute Gasteiger partial charge is 0.352 e. The molecule has 0 saturated heterocycles. The lowest BCUT2D eigenvalue weighted by Gasteiger charge is -2.31. The maximum absolute atomic E-state index is 12.6. The molecule has 0 aliphatic rings. The first kappa shape index (κ1) is 19.8. The van der Waals surface area contributed by atoms with Gasteiger partial charge in [0.15, 0.2) is 0 Å². The molecular weight excluding hydrogens is 336 g/mol. The van der Waals surface area contributed by atoms with Crippen LogP contribution in [-0.4, -0.2) is 32.7 Å². The molecule has 0 aromatic heterocycles. The van der Waals surface area contributed by atoms with E-state index in [0.717, 1.165) is 10.6 Å². The number of hydrogen-bond donors (Lipinski definition) is 1. The first-order valence-corrected chi connectivity index (χ1v) is 9.85. The Labute approximate surface area is 144 Å². The lowest BCUT2D eigenvalue weighted by molar-refractivity contribution is -0.123. The Hall–Kier alpha value is -1.27. The predicted molar refractivity (Wildman–Crippen MR) is 95.3 cm³/mol. The van der Waals surface area contributed by atoms with Crippen LogP contribution in [0.1, 0.15) is 34.1 Å². The van der Waals surface area contributed by atoms with Crippen molar-refractivity contribution in [2.24, 2.45) is 5.92 Å². The zero-order valence-electron chi connectivity index (χ0n) is 14.2. The van der Waals surface area contributed by atoms with E-state index < -0.39 is 16.1 Å². The normalized spacial score (nSPS) is 14.4. The van der Waals surface area contributed by atoms with Crippen molar-refractivity contribution in [1.29, 1.82) is 0 Å². The summed E-state index contributed by atoms with van der Waals surface area (Å²) in [4.78, 5) is 12.6. The third-order valence-corrected chi connectivity index (χ3v) is 5.21. The van der Waals surface area contributed by atoms with Crippen LogP contribution >= 0.6 is 11.6 Å². The summed E-state index contributed by atoms with van der Waals surface area (Å²) >= 11 is 5.86. The number of sulfonamides is 1. The maximum atomic E-state index is 12.6. The monoisotopic (exact) mass is 360 g/mol. The van der Waals surface area contributed by atoms with Gasteiger partial charge in [-0.15, -0.1) is 0 Å². The number of rotatable bonds is 7. The van der Waals surface area contributed by atoms with Gasteiger partial charge in [-0.2, -0.15) is 0 Å². The van der Waals surface area contributed by atoms with Gasteiger partial charge in [-0.25, -0.2) is 8.42 Å².